The van der Waals surface area contributed by atoms with Crippen molar-refractivity contribution >= 4 is 0 Å². The van der Waals surface area contributed by atoms with Gasteiger partial charge in [0, 0.05) is 0 Å². The van der Waals surface area contributed by atoms with Crippen LogP contribution in [-0.4, -0.2) is 22.4 Å². The molecular weight excluding hydrogens is 284 g/mol. The molecule has 4 rings (SSSR count). The lowest BCUT2D eigenvalue weighted by Gasteiger charge is -2.49. The molecule has 0 aromatic heterocycles. The van der Waals surface area contributed by atoms with Gasteiger partial charge in [0.15, 0.2) is 0 Å². The Bertz CT molecular complexity index is 582. The van der Waals surface area contributed by atoms with Crippen molar-refractivity contribution in [2.75, 3.05) is 0 Å². The Morgan fingerprint density at radius 1 is 0.565 bits per heavy atom. The highest BCUT2D eigenvalue weighted by Crippen LogP contribution is 2.52. The van der Waals surface area contributed by atoms with E-state index in [4.69, 9.17) is 0 Å². The summed E-state index contributed by atoms with van der Waals surface area (Å²) < 4.78 is 0. The maximum atomic E-state index is 10.8. The summed E-state index contributed by atoms with van der Waals surface area (Å²) in [6.45, 7) is 0. The zero-order valence-corrected chi connectivity index (χ0v) is 13.3. The van der Waals surface area contributed by atoms with E-state index in [9.17, 15) is 10.2 Å². The number of aliphatic hydroxyl groups excluding tert-OH is 2. The van der Waals surface area contributed by atoms with Crippen LogP contribution in [0.1, 0.15) is 42.2 Å². The number of aliphatic hydroxyl groups is 2. The lowest BCUT2D eigenvalue weighted by atomic mass is 9.58. The second-order valence-electron chi connectivity index (χ2n) is 7.20. The number of hydrogen-bond donors (Lipinski definition) is 2. The molecule has 2 aliphatic carbocycles. The maximum Gasteiger partial charge on any atom is 0.0580 e. The summed E-state index contributed by atoms with van der Waals surface area (Å²) in [6.07, 6.45) is 1.88. The van der Waals surface area contributed by atoms with Gasteiger partial charge in [0.25, 0.3) is 0 Å². The number of fused-ring (bicyclic) bond motifs is 2. The Morgan fingerprint density at radius 3 is 1.35 bits per heavy atom. The van der Waals surface area contributed by atoms with Crippen LogP contribution in [0.4, 0.5) is 0 Å². The first-order chi connectivity index (χ1) is 11.2. The molecule has 0 saturated heterocycles. The lowest BCUT2D eigenvalue weighted by Crippen LogP contribution is -2.47. The third kappa shape index (κ3) is 2.71. The minimum Gasteiger partial charge on any atom is -0.393 e. The van der Waals surface area contributed by atoms with Crippen LogP contribution in [-0.2, 0) is 0 Å². The van der Waals surface area contributed by atoms with Gasteiger partial charge in [-0.25, -0.2) is 0 Å². The molecule has 0 heterocycles. The van der Waals surface area contributed by atoms with Crippen molar-refractivity contribution in [2.45, 2.75) is 43.3 Å². The van der Waals surface area contributed by atoms with Gasteiger partial charge < -0.3 is 10.2 Å². The van der Waals surface area contributed by atoms with Crippen LogP contribution in [0.25, 0.3) is 0 Å². The second kappa shape index (κ2) is 6.10. The largest absolute Gasteiger partial charge is 0.393 e. The predicted molar refractivity (Wildman–Crippen MR) is 91.2 cm³/mol. The molecule has 2 N–H and O–H groups in total. The van der Waals surface area contributed by atoms with Crippen LogP contribution in [0.5, 0.6) is 0 Å². The van der Waals surface area contributed by atoms with Crippen molar-refractivity contribution < 1.29 is 10.2 Å². The molecule has 2 bridgehead atoms. The average Bonchev–Trinajstić information content (AvgIpc) is 2.61. The second-order valence-corrected chi connectivity index (χ2v) is 7.20. The summed E-state index contributed by atoms with van der Waals surface area (Å²) in [6, 6.07) is 20.8. The standard InChI is InChI=1S/C21H24O2/c22-20-12-16(14-7-3-1-4-8-14)18-11-19(20)17(13-21(18)23)15-9-5-2-6-10-15/h1-10,16-23H,11-13H2/t16-,17-,18+,19+,20?,21?/m0/s1. The molecule has 23 heavy (non-hydrogen) atoms. The van der Waals surface area contributed by atoms with Crippen molar-refractivity contribution in [3.8, 4) is 0 Å². The third-order valence-corrected chi connectivity index (χ3v) is 6.01. The van der Waals surface area contributed by atoms with E-state index in [1.54, 1.807) is 0 Å². The molecule has 6 atom stereocenters. The Morgan fingerprint density at radius 2 is 0.957 bits per heavy atom. The van der Waals surface area contributed by atoms with E-state index in [1.165, 1.54) is 11.1 Å². The van der Waals surface area contributed by atoms with E-state index >= 15 is 0 Å². The Labute approximate surface area is 137 Å². The molecule has 2 unspecified atom stereocenters. The summed E-state index contributed by atoms with van der Waals surface area (Å²) in [5.41, 5.74) is 2.51. The van der Waals surface area contributed by atoms with Crippen LogP contribution >= 0.6 is 0 Å². The summed E-state index contributed by atoms with van der Waals surface area (Å²) >= 11 is 0. The first kappa shape index (κ1) is 14.9. The zero-order valence-electron chi connectivity index (χ0n) is 13.3. The number of hydrogen-bond acceptors (Lipinski definition) is 2. The van der Waals surface area contributed by atoms with Gasteiger partial charge in [0.2, 0.25) is 0 Å². The van der Waals surface area contributed by atoms with Crippen molar-refractivity contribution in [1.82, 2.24) is 0 Å². The van der Waals surface area contributed by atoms with Crippen LogP contribution in [0.2, 0.25) is 0 Å². The zero-order chi connectivity index (χ0) is 15.8. The fourth-order valence-corrected chi connectivity index (χ4v) is 4.88. The van der Waals surface area contributed by atoms with Gasteiger partial charge in [-0.15, -0.1) is 0 Å². The molecule has 0 amide bonds. The fourth-order valence-electron chi connectivity index (χ4n) is 4.88. The van der Waals surface area contributed by atoms with E-state index in [2.05, 4.69) is 48.5 Å². The lowest BCUT2D eigenvalue weighted by molar-refractivity contribution is -0.0622. The predicted octanol–water partition coefficient (Wildman–Crippen LogP) is 3.71. The molecule has 0 spiro atoms. The molecule has 0 radical (unpaired) electrons. The summed E-state index contributed by atoms with van der Waals surface area (Å²) in [4.78, 5) is 0. The molecule has 2 fully saturated rings. The van der Waals surface area contributed by atoms with E-state index in [1.807, 2.05) is 12.1 Å². The molecular formula is C21H24O2. The molecule has 0 aliphatic heterocycles. The van der Waals surface area contributed by atoms with E-state index in [0.29, 0.717) is 0 Å². The van der Waals surface area contributed by atoms with Gasteiger partial charge in [0.05, 0.1) is 12.2 Å². The summed E-state index contributed by atoms with van der Waals surface area (Å²) in [7, 11) is 0. The van der Waals surface area contributed by atoms with Crippen LogP contribution < -0.4 is 0 Å². The SMILES string of the molecule is OC1C[C@@H](c2ccccc2)[C@H]2C[C@@H]1[C@H](c1ccccc1)CC2O. The number of benzene rings is 2. The van der Waals surface area contributed by atoms with Gasteiger partial charge in [-0.05, 0) is 54.1 Å². The van der Waals surface area contributed by atoms with Gasteiger partial charge in [-0.3, -0.25) is 0 Å². The minimum atomic E-state index is -0.283. The van der Waals surface area contributed by atoms with Crippen molar-refractivity contribution in [3.05, 3.63) is 71.8 Å². The number of rotatable bonds is 2. The van der Waals surface area contributed by atoms with E-state index < -0.39 is 0 Å². The Kier molecular flexibility index (Phi) is 3.96. The maximum absolute atomic E-state index is 10.8. The van der Waals surface area contributed by atoms with Crippen LogP contribution in [0.15, 0.2) is 60.7 Å². The smallest absolute Gasteiger partial charge is 0.0580 e. The van der Waals surface area contributed by atoms with E-state index in [-0.39, 0.29) is 35.9 Å². The summed E-state index contributed by atoms with van der Waals surface area (Å²) in [5.74, 6) is 1.08. The molecule has 2 aliphatic rings. The normalized spacial score (nSPS) is 36.6. The fraction of sp³-hybridized carbons (Fsp3) is 0.429. The first-order valence-electron chi connectivity index (χ1n) is 8.70. The van der Waals surface area contributed by atoms with Crippen molar-refractivity contribution in [3.63, 3.8) is 0 Å². The quantitative estimate of drug-likeness (QED) is 0.888. The van der Waals surface area contributed by atoms with Gasteiger partial charge in [-0.2, -0.15) is 0 Å². The minimum absolute atomic E-state index is 0.269. The Hall–Kier alpha value is -1.64. The molecule has 2 heteroatoms. The Balaban J connectivity index is 1.62. The molecule has 2 aromatic carbocycles. The van der Waals surface area contributed by atoms with Gasteiger partial charge in [0.1, 0.15) is 0 Å². The molecule has 2 nitrogen and oxygen atoms in total. The third-order valence-electron chi connectivity index (χ3n) is 6.01. The molecule has 2 aromatic rings. The molecule has 120 valence electrons. The highest BCUT2D eigenvalue weighted by molar-refractivity contribution is 5.27. The first-order valence-corrected chi connectivity index (χ1v) is 8.70. The summed E-state index contributed by atoms with van der Waals surface area (Å²) in [5, 5.41) is 21.6. The highest BCUT2D eigenvalue weighted by Gasteiger charge is 2.48. The van der Waals surface area contributed by atoms with Crippen LogP contribution in [0.3, 0.4) is 0 Å². The van der Waals surface area contributed by atoms with Crippen LogP contribution in [0, 0.1) is 11.8 Å². The molecule has 2 saturated carbocycles. The van der Waals surface area contributed by atoms with Crippen molar-refractivity contribution in [2.24, 2.45) is 11.8 Å². The van der Waals surface area contributed by atoms with E-state index in [0.717, 1.165) is 19.3 Å². The van der Waals surface area contributed by atoms with Gasteiger partial charge >= 0.3 is 0 Å². The topological polar surface area (TPSA) is 40.5 Å². The van der Waals surface area contributed by atoms with Gasteiger partial charge in [-0.1, -0.05) is 60.7 Å². The monoisotopic (exact) mass is 308 g/mol. The van der Waals surface area contributed by atoms with Crippen molar-refractivity contribution in [1.29, 1.82) is 0 Å². The average molecular weight is 308 g/mol. The highest BCUT2D eigenvalue weighted by atomic mass is 16.3.